The Hall–Kier alpha value is -1.51. The fourth-order valence-electron chi connectivity index (χ4n) is 6.14. The topological polar surface area (TPSA) is 75.3 Å². The van der Waals surface area contributed by atoms with Gasteiger partial charge in [-0.05, 0) is 55.7 Å². The first-order valence-electron chi connectivity index (χ1n) is 11.5. The van der Waals surface area contributed by atoms with Gasteiger partial charge in [-0.1, -0.05) is 26.0 Å². The lowest BCUT2D eigenvalue weighted by Gasteiger charge is -2.60. The molecule has 170 valence electrons. The lowest BCUT2D eigenvalue weighted by molar-refractivity contribution is -0.577. The average molecular weight is 432 g/mol. The summed E-state index contributed by atoms with van der Waals surface area (Å²) in [5.74, 6) is 0.402. The second-order valence-electron chi connectivity index (χ2n) is 9.86. The molecule has 5 fully saturated rings. The Morgan fingerprint density at radius 3 is 2.65 bits per heavy atom. The van der Waals surface area contributed by atoms with Crippen LogP contribution in [0.1, 0.15) is 62.4 Å². The van der Waals surface area contributed by atoms with Crippen molar-refractivity contribution in [3.8, 4) is 0 Å². The van der Waals surface area contributed by atoms with E-state index in [1.807, 2.05) is 31.2 Å². The van der Waals surface area contributed by atoms with Gasteiger partial charge in [-0.25, -0.2) is 9.78 Å². The zero-order valence-electron chi connectivity index (χ0n) is 18.8. The molecule has 1 N–H and O–H groups in total. The van der Waals surface area contributed by atoms with Gasteiger partial charge in [-0.2, -0.15) is 0 Å². The fraction of sp³-hybridized carbons (Fsp3) is 0.708. The molecule has 31 heavy (non-hydrogen) atoms. The molecule has 8 atom stereocenters. The van der Waals surface area contributed by atoms with Gasteiger partial charge in [0.15, 0.2) is 18.2 Å². The largest absolute Gasteiger partial charge is 0.355 e. The Balaban J connectivity index is 1.34. The first-order valence-corrected chi connectivity index (χ1v) is 11.5. The molecule has 4 heterocycles. The number of carbonyl (C=O) groups is 1. The highest BCUT2D eigenvalue weighted by Gasteiger charge is 2.69. The molecule has 7 nitrogen and oxygen atoms in total. The first-order chi connectivity index (χ1) is 14.9. The smallest absolute Gasteiger partial charge is 0.251 e. The van der Waals surface area contributed by atoms with Crippen molar-refractivity contribution in [1.82, 2.24) is 5.32 Å². The van der Waals surface area contributed by atoms with Crippen molar-refractivity contribution in [2.45, 2.75) is 77.0 Å². The van der Waals surface area contributed by atoms with Crippen molar-refractivity contribution in [1.29, 1.82) is 0 Å². The predicted molar refractivity (Wildman–Crippen MR) is 111 cm³/mol. The third-order valence-electron chi connectivity index (χ3n) is 7.95. The van der Waals surface area contributed by atoms with E-state index in [2.05, 4.69) is 19.2 Å². The minimum atomic E-state index is -0.779. The standard InChI is InChI=1S/C24H33NO6/c1-14-5-10-19-15(2)21(27-13-16-6-8-17(9-7-16)20(26)25-4)28-22-24(19)18(14)11-12-23(3,29-22)30-31-24/h6-9,14-15,18-19,21-22H,5,10-13H2,1-4H3,(H,25,26)/t14-,15-,18?,19-,21?,22-,23-,24-/m1/s1. The molecule has 1 aliphatic carbocycles. The van der Waals surface area contributed by atoms with Crippen molar-refractivity contribution in [3.63, 3.8) is 0 Å². The summed E-state index contributed by atoms with van der Waals surface area (Å²) in [5, 5.41) is 2.63. The Labute approximate surface area is 183 Å². The van der Waals surface area contributed by atoms with Crippen LogP contribution < -0.4 is 5.32 Å². The van der Waals surface area contributed by atoms with Crippen LogP contribution in [0.2, 0.25) is 0 Å². The molecule has 0 aromatic heterocycles. The van der Waals surface area contributed by atoms with Crippen molar-refractivity contribution in [2.75, 3.05) is 7.05 Å². The molecule has 1 aromatic rings. The Morgan fingerprint density at radius 2 is 1.90 bits per heavy atom. The minimum absolute atomic E-state index is 0.0978. The molecule has 4 saturated heterocycles. The maximum absolute atomic E-state index is 11.7. The quantitative estimate of drug-likeness (QED) is 0.732. The number of ether oxygens (including phenoxy) is 3. The van der Waals surface area contributed by atoms with Gasteiger partial charge >= 0.3 is 0 Å². The number of benzene rings is 1. The monoisotopic (exact) mass is 431 g/mol. The number of hydrogen-bond acceptors (Lipinski definition) is 6. The van der Waals surface area contributed by atoms with E-state index in [1.165, 1.54) is 6.42 Å². The lowest BCUT2D eigenvalue weighted by atomic mass is 9.58. The third-order valence-corrected chi connectivity index (χ3v) is 7.95. The van der Waals surface area contributed by atoms with Crippen LogP contribution in [0.15, 0.2) is 24.3 Å². The van der Waals surface area contributed by atoms with Gasteiger partial charge in [-0.15, -0.1) is 0 Å². The molecule has 6 rings (SSSR count). The van der Waals surface area contributed by atoms with Crippen LogP contribution >= 0.6 is 0 Å². The third kappa shape index (κ3) is 3.42. The Bertz CT molecular complexity index is 830. The van der Waals surface area contributed by atoms with Crippen LogP contribution in [0.4, 0.5) is 0 Å². The fourth-order valence-corrected chi connectivity index (χ4v) is 6.14. The van der Waals surface area contributed by atoms with E-state index in [1.54, 1.807) is 7.05 Å². The lowest BCUT2D eigenvalue weighted by Crippen LogP contribution is -2.70. The number of amides is 1. The summed E-state index contributed by atoms with van der Waals surface area (Å²) in [6, 6.07) is 7.45. The van der Waals surface area contributed by atoms with Gasteiger partial charge in [-0.3, -0.25) is 4.79 Å². The average Bonchev–Trinajstić information content (AvgIpc) is 3.01. The van der Waals surface area contributed by atoms with Crippen molar-refractivity contribution in [2.24, 2.45) is 23.7 Å². The molecule has 2 unspecified atom stereocenters. The highest BCUT2D eigenvalue weighted by molar-refractivity contribution is 5.93. The van der Waals surface area contributed by atoms with Gasteiger partial charge in [0.05, 0.1) is 6.61 Å². The zero-order chi connectivity index (χ0) is 21.8. The molecule has 1 amide bonds. The summed E-state index contributed by atoms with van der Waals surface area (Å²) in [6.07, 6.45) is 3.14. The van der Waals surface area contributed by atoms with E-state index in [-0.39, 0.29) is 24.0 Å². The number of rotatable bonds is 4. The Morgan fingerprint density at radius 1 is 1.13 bits per heavy atom. The molecule has 7 heteroatoms. The van der Waals surface area contributed by atoms with Gasteiger partial charge in [0, 0.05) is 30.9 Å². The molecule has 0 radical (unpaired) electrons. The number of carbonyl (C=O) groups excluding carboxylic acids is 1. The van der Waals surface area contributed by atoms with E-state index < -0.39 is 17.7 Å². The van der Waals surface area contributed by atoms with Crippen LogP contribution in [0.3, 0.4) is 0 Å². The van der Waals surface area contributed by atoms with Crippen molar-refractivity contribution in [3.05, 3.63) is 35.4 Å². The van der Waals surface area contributed by atoms with Gasteiger partial charge < -0.3 is 19.5 Å². The van der Waals surface area contributed by atoms with Crippen LogP contribution in [-0.4, -0.2) is 36.9 Å². The van der Waals surface area contributed by atoms with Crippen LogP contribution in [-0.2, 0) is 30.6 Å². The predicted octanol–water partition coefficient (Wildman–Crippen LogP) is 3.77. The molecule has 5 aliphatic rings. The molecular weight excluding hydrogens is 398 g/mol. The van der Waals surface area contributed by atoms with Crippen molar-refractivity contribution < 1.29 is 28.8 Å². The second kappa shape index (κ2) is 7.81. The molecule has 4 aliphatic heterocycles. The van der Waals surface area contributed by atoms with E-state index in [9.17, 15) is 4.79 Å². The summed E-state index contributed by atoms with van der Waals surface area (Å²) in [6.45, 7) is 6.84. The summed E-state index contributed by atoms with van der Waals surface area (Å²) < 4.78 is 19.1. The highest BCUT2D eigenvalue weighted by Crippen LogP contribution is 2.60. The van der Waals surface area contributed by atoms with E-state index in [0.717, 1.165) is 24.8 Å². The number of hydrogen-bond donors (Lipinski definition) is 1. The maximum Gasteiger partial charge on any atom is 0.251 e. The summed E-state index contributed by atoms with van der Waals surface area (Å²) in [5.41, 5.74) is 1.06. The summed E-state index contributed by atoms with van der Waals surface area (Å²) in [7, 11) is 1.63. The van der Waals surface area contributed by atoms with Gasteiger partial charge in [0.1, 0.15) is 0 Å². The van der Waals surface area contributed by atoms with Gasteiger partial charge in [0.25, 0.3) is 5.91 Å². The zero-order valence-corrected chi connectivity index (χ0v) is 18.8. The number of fused-ring (bicyclic) bond motifs is 2. The van der Waals surface area contributed by atoms with Crippen molar-refractivity contribution >= 4 is 5.91 Å². The maximum atomic E-state index is 11.7. The van der Waals surface area contributed by atoms with Crippen LogP contribution in [0.25, 0.3) is 0 Å². The Kier molecular flexibility index (Phi) is 5.38. The summed E-state index contributed by atoms with van der Waals surface area (Å²) >= 11 is 0. The minimum Gasteiger partial charge on any atom is -0.355 e. The molecule has 1 saturated carbocycles. The number of nitrogens with one attached hydrogen (secondary N) is 1. The van der Waals surface area contributed by atoms with Gasteiger partial charge in [0.2, 0.25) is 5.79 Å². The van der Waals surface area contributed by atoms with E-state index in [4.69, 9.17) is 24.0 Å². The molecular formula is C24H33NO6. The SMILES string of the molecule is CNC(=O)c1ccc(COC2O[C@@H]3O[C@@]4(C)CCC5[C@H](C)CC[C@H]([C@H]2C)[C@]53OO4)cc1. The molecule has 1 aromatic carbocycles. The molecule has 2 bridgehead atoms. The van der Waals surface area contributed by atoms with E-state index in [0.29, 0.717) is 24.0 Å². The highest BCUT2D eigenvalue weighted by atomic mass is 17.3. The van der Waals surface area contributed by atoms with E-state index >= 15 is 0 Å². The van der Waals surface area contributed by atoms with Crippen LogP contribution in [0, 0.1) is 23.7 Å². The second-order valence-corrected chi connectivity index (χ2v) is 9.86. The summed E-state index contributed by atoms with van der Waals surface area (Å²) in [4.78, 5) is 23.8. The normalized spacial score (nSPS) is 43.7. The first kappa shape index (κ1) is 21.3. The molecule has 1 spiro atoms. The van der Waals surface area contributed by atoms with Crippen LogP contribution in [0.5, 0.6) is 0 Å².